The average molecular weight is 232 g/mol. The van der Waals surface area contributed by atoms with Crippen LogP contribution in [0.2, 0.25) is 0 Å². The first kappa shape index (κ1) is 11.5. The number of hydrogen-bond donors (Lipinski definition) is 1. The maximum atomic E-state index is 12.3. The Morgan fingerprint density at radius 3 is 2.62 bits per heavy atom. The van der Waals surface area contributed by atoms with Crippen LogP contribution in [0.3, 0.4) is 0 Å². The van der Waals surface area contributed by atoms with Crippen molar-refractivity contribution in [3.63, 3.8) is 0 Å². The molecule has 0 aliphatic heterocycles. The summed E-state index contributed by atoms with van der Waals surface area (Å²) < 4.78 is 29.2. The molecule has 0 saturated heterocycles. The molecule has 0 radical (unpaired) electrons. The van der Waals surface area contributed by atoms with Crippen molar-refractivity contribution in [1.29, 1.82) is 0 Å². The van der Waals surface area contributed by atoms with Crippen molar-refractivity contribution in [1.82, 2.24) is 0 Å². The number of alkyl halides is 2. The van der Waals surface area contributed by atoms with Crippen molar-refractivity contribution in [3.05, 3.63) is 12.2 Å². The Balaban J connectivity index is 1.91. The Kier molecular flexibility index (Phi) is 3.23. The van der Waals surface area contributed by atoms with Crippen LogP contribution in [0.15, 0.2) is 12.2 Å². The van der Waals surface area contributed by atoms with Crippen LogP contribution in [0, 0.1) is 17.8 Å². The molecule has 2 rings (SSSR count). The molecule has 5 heteroatoms. The fourth-order valence-electron chi connectivity index (χ4n) is 2.46. The van der Waals surface area contributed by atoms with E-state index in [1.165, 1.54) is 0 Å². The van der Waals surface area contributed by atoms with E-state index in [2.05, 4.69) is 10.8 Å². The molecule has 2 bridgehead atoms. The predicted molar refractivity (Wildman–Crippen MR) is 51.8 cm³/mol. The van der Waals surface area contributed by atoms with Crippen LogP contribution < -0.4 is 0 Å². The van der Waals surface area contributed by atoms with E-state index in [-0.39, 0.29) is 11.8 Å². The number of carbonyl (C=O) groups excluding carboxylic acids is 1. The Hall–Kier alpha value is -0.970. The first-order chi connectivity index (χ1) is 7.61. The normalized spacial score (nSPS) is 33.4. The SMILES string of the molecule is O=C(OC(CO)C(F)F)C1CC2C=CC1C2. The number of halogens is 2. The molecule has 0 heterocycles. The molecule has 1 saturated carbocycles. The third-order valence-corrected chi connectivity index (χ3v) is 3.31. The van der Waals surface area contributed by atoms with Crippen molar-refractivity contribution in [2.45, 2.75) is 25.4 Å². The average Bonchev–Trinajstić information content (AvgIpc) is 2.86. The van der Waals surface area contributed by atoms with E-state index in [9.17, 15) is 13.6 Å². The van der Waals surface area contributed by atoms with Gasteiger partial charge in [-0.15, -0.1) is 0 Å². The van der Waals surface area contributed by atoms with Crippen LogP contribution in [0.5, 0.6) is 0 Å². The van der Waals surface area contributed by atoms with E-state index in [0.29, 0.717) is 12.3 Å². The number of ether oxygens (including phenoxy) is 1. The predicted octanol–water partition coefficient (Wildman–Crippen LogP) is 1.37. The lowest BCUT2D eigenvalue weighted by atomic mass is 9.94. The number of hydrogen-bond acceptors (Lipinski definition) is 3. The molecule has 0 aromatic heterocycles. The van der Waals surface area contributed by atoms with Crippen LogP contribution in [0.25, 0.3) is 0 Å². The summed E-state index contributed by atoms with van der Waals surface area (Å²) in [4.78, 5) is 11.6. The number of fused-ring (bicyclic) bond motifs is 2. The molecule has 0 aromatic rings. The number of esters is 1. The molecule has 2 aliphatic rings. The summed E-state index contributed by atoms with van der Waals surface area (Å²) >= 11 is 0. The number of rotatable bonds is 4. The lowest BCUT2D eigenvalue weighted by Gasteiger charge is -2.20. The minimum atomic E-state index is -2.83. The summed E-state index contributed by atoms with van der Waals surface area (Å²) in [6.45, 7) is -0.833. The molecule has 4 unspecified atom stereocenters. The van der Waals surface area contributed by atoms with Gasteiger partial charge < -0.3 is 9.84 Å². The van der Waals surface area contributed by atoms with E-state index in [1.807, 2.05) is 6.08 Å². The zero-order valence-corrected chi connectivity index (χ0v) is 8.68. The molecule has 0 spiro atoms. The summed E-state index contributed by atoms with van der Waals surface area (Å²) in [5.41, 5.74) is 0. The molecule has 0 aromatic carbocycles. The second kappa shape index (κ2) is 4.49. The van der Waals surface area contributed by atoms with Gasteiger partial charge in [-0.1, -0.05) is 12.2 Å². The highest BCUT2D eigenvalue weighted by Crippen LogP contribution is 2.44. The topological polar surface area (TPSA) is 46.5 Å². The first-order valence-electron chi connectivity index (χ1n) is 5.39. The van der Waals surface area contributed by atoms with Gasteiger partial charge in [0.15, 0.2) is 6.10 Å². The van der Waals surface area contributed by atoms with Crippen LogP contribution in [0.4, 0.5) is 8.78 Å². The molecule has 90 valence electrons. The fraction of sp³-hybridized carbons (Fsp3) is 0.727. The van der Waals surface area contributed by atoms with Gasteiger partial charge in [0.2, 0.25) is 0 Å². The van der Waals surface area contributed by atoms with E-state index in [1.54, 1.807) is 0 Å². The summed E-state index contributed by atoms with van der Waals surface area (Å²) in [6, 6.07) is 0. The van der Waals surface area contributed by atoms with Crippen LogP contribution >= 0.6 is 0 Å². The Bertz CT molecular complexity index is 304. The van der Waals surface area contributed by atoms with E-state index >= 15 is 0 Å². The minimum Gasteiger partial charge on any atom is -0.454 e. The van der Waals surface area contributed by atoms with Crippen molar-refractivity contribution in [2.24, 2.45) is 17.8 Å². The van der Waals surface area contributed by atoms with Gasteiger partial charge in [-0.3, -0.25) is 4.79 Å². The van der Waals surface area contributed by atoms with Gasteiger partial charge in [0.25, 0.3) is 6.43 Å². The fourth-order valence-corrected chi connectivity index (χ4v) is 2.46. The highest BCUT2D eigenvalue weighted by molar-refractivity contribution is 5.74. The van der Waals surface area contributed by atoms with Crippen molar-refractivity contribution in [2.75, 3.05) is 6.61 Å². The molecular weight excluding hydrogens is 218 g/mol. The summed E-state index contributed by atoms with van der Waals surface area (Å²) in [5.74, 6) is -0.379. The molecule has 16 heavy (non-hydrogen) atoms. The van der Waals surface area contributed by atoms with Crippen LogP contribution in [-0.2, 0) is 9.53 Å². The second-order valence-electron chi connectivity index (χ2n) is 4.38. The Morgan fingerprint density at radius 1 is 1.44 bits per heavy atom. The number of aliphatic hydroxyl groups is 1. The quantitative estimate of drug-likeness (QED) is 0.588. The highest BCUT2D eigenvalue weighted by atomic mass is 19.3. The number of carbonyl (C=O) groups is 1. The van der Waals surface area contributed by atoms with Crippen LogP contribution in [-0.4, -0.2) is 30.2 Å². The first-order valence-corrected chi connectivity index (χ1v) is 5.39. The van der Waals surface area contributed by atoms with E-state index in [4.69, 9.17) is 5.11 Å². The third kappa shape index (κ3) is 2.09. The zero-order chi connectivity index (χ0) is 11.7. The van der Waals surface area contributed by atoms with E-state index < -0.39 is 25.1 Å². The lowest BCUT2D eigenvalue weighted by Crippen LogP contribution is -2.33. The highest BCUT2D eigenvalue weighted by Gasteiger charge is 2.42. The van der Waals surface area contributed by atoms with Gasteiger partial charge in [-0.2, -0.15) is 0 Å². The summed E-state index contributed by atoms with van der Waals surface area (Å²) in [6.07, 6.45) is 1.10. The maximum Gasteiger partial charge on any atom is 0.310 e. The maximum absolute atomic E-state index is 12.3. The Morgan fingerprint density at radius 2 is 2.19 bits per heavy atom. The van der Waals surface area contributed by atoms with E-state index in [0.717, 1.165) is 6.42 Å². The molecule has 1 fully saturated rings. The monoisotopic (exact) mass is 232 g/mol. The smallest absolute Gasteiger partial charge is 0.310 e. The summed E-state index contributed by atoms with van der Waals surface area (Å²) in [7, 11) is 0. The molecule has 2 aliphatic carbocycles. The lowest BCUT2D eigenvalue weighted by molar-refractivity contribution is -0.166. The summed E-state index contributed by atoms with van der Waals surface area (Å²) in [5, 5.41) is 8.65. The number of allylic oxidation sites excluding steroid dienone is 2. The molecule has 1 N–H and O–H groups in total. The van der Waals surface area contributed by atoms with Gasteiger partial charge >= 0.3 is 5.97 Å². The van der Waals surface area contributed by atoms with Gasteiger partial charge in [-0.05, 0) is 24.7 Å². The van der Waals surface area contributed by atoms with Gasteiger partial charge in [-0.25, -0.2) is 8.78 Å². The zero-order valence-electron chi connectivity index (χ0n) is 8.68. The third-order valence-electron chi connectivity index (χ3n) is 3.31. The standard InChI is InChI=1S/C11H14F2O3/c12-10(13)9(5-14)16-11(15)8-4-6-1-2-7(8)3-6/h1-2,6-10,14H,3-5H2. The molecular formula is C11H14F2O3. The molecule has 4 atom stereocenters. The van der Waals surface area contributed by atoms with Gasteiger partial charge in [0.05, 0.1) is 12.5 Å². The van der Waals surface area contributed by atoms with Gasteiger partial charge in [0.1, 0.15) is 0 Å². The molecule has 0 amide bonds. The largest absolute Gasteiger partial charge is 0.454 e. The van der Waals surface area contributed by atoms with Crippen molar-refractivity contribution >= 4 is 5.97 Å². The number of aliphatic hydroxyl groups excluding tert-OH is 1. The Labute approximate surface area is 92.1 Å². The second-order valence-corrected chi connectivity index (χ2v) is 4.38. The van der Waals surface area contributed by atoms with Crippen LogP contribution in [0.1, 0.15) is 12.8 Å². The van der Waals surface area contributed by atoms with Crippen molar-refractivity contribution in [3.8, 4) is 0 Å². The van der Waals surface area contributed by atoms with Crippen molar-refractivity contribution < 1.29 is 23.4 Å². The minimum absolute atomic E-state index is 0.134. The molecule has 3 nitrogen and oxygen atoms in total. The van der Waals surface area contributed by atoms with Gasteiger partial charge in [0, 0.05) is 0 Å².